The molecule has 0 radical (unpaired) electrons. The number of furan rings is 1. The van der Waals surface area contributed by atoms with Crippen molar-refractivity contribution in [2.45, 2.75) is 31.6 Å². The van der Waals surface area contributed by atoms with Crippen molar-refractivity contribution in [1.29, 1.82) is 0 Å². The van der Waals surface area contributed by atoms with Crippen LogP contribution in [0.5, 0.6) is 11.5 Å². The first-order chi connectivity index (χ1) is 20.8. The lowest BCUT2D eigenvalue weighted by molar-refractivity contribution is -0.132. The van der Waals surface area contributed by atoms with Crippen LogP contribution in [0.4, 0.5) is 0 Å². The number of likely N-dealkylation sites (tertiary alicyclic amines) is 1. The van der Waals surface area contributed by atoms with Gasteiger partial charge in [-0.3, -0.25) is 9.59 Å². The summed E-state index contributed by atoms with van der Waals surface area (Å²) in [6.07, 6.45) is 2.76. The molecule has 0 spiro atoms. The van der Waals surface area contributed by atoms with Crippen molar-refractivity contribution in [3.8, 4) is 34.1 Å². The van der Waals surface area contributed by atoms with E-state index >= 15 is 0 Å². The Morgan fingerprint density at radius 3 is 2.19 bits per heavy atom. The summed E-state index contributed by atoms with van der Waals surface area (Å²) >= 11 is 0. The molecule has 9 heteroatoms. The van der Waals surface area contributed by atoms with E-state index < -0.39 is 23.1 Å². The normalized spacial score (nSPS) is 14.1. The first-order valence-corrected chi connectivity index (χ1v) is 14.1. The fourth-order valence-electron chi connectivity index (χ4n) is 5.67. The van der Waals surface area contributed by atoms with Gasteiger partial charge in [0.05, 0.1) is 11.5 Å². The number of benzene rings is 3. The number of amides is 1. The molecule has 9 nitrogen and oxygen atoms in total. The van der Waals surface area contributed by atoms with Gasteiger partial charge in [0, 0.05) is 48.3 Å². The second kappa shape index (κ2) is 11.5. The topological polar surface area (TPSA) is 141 Å². The summed E-state index contributed by atoms with van der Waals surface area (Å²) < 4.78 is 12.5. The van der Waals surface area contributed by atoms with Crippen molar-refractivity contribution in [2.24, 2.45) is 0 Å². The number of hydrogen-bond acceptors (Lipinski definition) is 7. The highest BCUT2D eigenvalue weighted by Gasteiger charge is 2.32. The Hall–Kier alpha value is -5.31. The maximum absolute atomic E-state index is 13.6. The zero-order valence-electron chi connectivity index (χ0n) is 23.2. The maximum Gasteiger partial charge on any atom is 0.335 e. The number of fused-ring (bicyclic) bond motifs is 1. The number of piperidine rings is 1. The summed E-state index contributed by atoms with van der Waals surface area (Å²) in [5.41, 5.74) is 0.986. The van der Waals surface area contributed by atoms with Crippen LogP contribution in [-0.4, -0.2) is 45.2 Å². The van der Waals surface area contributed by atoms with E-state index in [1.165, 1.54) is 18.2 Å². The van der Waals surface area contributed by atoms with Gasteiger partial charge in [-0.05, 0) is 43.5 Å². The Morgan fingerprint density at radius 2 is 1.49 bits per heavy atom. The van der Waals surface area contributed by atoms with Gasteiger partial charge in [0.15, 0.2) is 5.43 Å². The number of carboxylic acid groups (broad SMARTS) is 1. The first-order valence-electron chi connectivity index (χ1n) is 14.1. The number of carbonyl (C=O) groups excluding carboxylic acids is 1. The zero-order chi connectivity index (χ0) is 30.1. The van der Waals surface area contributed by atoms with Crippen LogP contribution in [0.3, 0.4) is 0 Å². The molecule has 5 aromatic rings. The number of carboxylic acids is 1. The highest BCUT2D eigenvalue weighted by molar-refractivity contribution is 5.91. The molecule has 0 aliphatic carbocycles. The van der Waals surface area contributed by atoms with Crippen molar-refractivity contribution in [3.63, 3.8) is 0 Å². The van der Waals surface area contributed by atoms with Crippen LogP contribution in [-0.2, 0) is 4.79 Å². The highest BCUT2D eigenvalue weighted by atomic mass is 16.4. The van der Waals surface area contributed by atoms with Gasteiger partial charge >= 0.3 is 5.97 Å². The number of phenolic OH excluding ortho intramolecular Hbond substituents is 2. The molecule has 3 N–H and O–H groups in total. The minimum Gasteiger partial charge on any atom is -0.507 e. The largest absolute Gasteiger partial charge is 0.507 e. The lowest BCUT2D eigenvalue weighted by Gasteiger charge is -2.28. The molecule has 1 saturated heterocycles. The fraction of sp³-hybridized carbons (Fsp3) is 0.206. The number of phenols is 2. The molecule has 1 aliphatic heterocycles. The van der Waals surface area contributed by atoms with E-state index in [9.17, 15) is 29.7 Å². The predicted octanol–water partition coefficient (Wildman–Crippen LogP) is 6.36. The number of hydrogen-bond donors (Lipinski definition) is 3. The van der Waals surface area contributed by atoms with E-state index in [1.54, 1.807) is 53.4 Å². The van der Waals surface area contributed by atoms with Crippen molar-refractivity contribution < 1.29 is 33.7 Å². The van der Waals surface area contributed by atoms with Gasteiger partial charge in [-0.25, -0.2) is 4.79 Å². The van der Waals surface area contributed by atoms with E-state index in [0.29, 0.717) is 35.7 Å². The second-order valence-electron chi connectivity index (χ2n) is 10.7. The van der Waals surface area contributed by atoms with E-state index in [4.69, 9.17) is 8.83 Å². The summed E-state index contributed by atoms with van der Waals surface area (Å²) in [4.78, 5) is 40.0. The van der Waals surface area contributed by atoms with Gasteiger partial charge in [-0.15, -0.1) is 0 Å². The molecule has 218 valence electrons. The molecule has 1 fully saturated rings. The average Bonchev–Trinajstić information content (AvgIpc) is 3.51. The predicted molar refractivity (Wildman–Crippen MR) is 159 cm³/mol. The Balaban J connectivity index is 1.51. The Kier molecular flexibility index (Phi) is 7.46. The number of carbonyl (C=O) groups is 2. The maximum atomic E-state index is 13.6. The Labute approximate surface area is 246 Å². The molecular weight excluding hydrogens is 550 g/mol. The molecule has 6 rings (SSSR count). The van der Waals surface area contributed by atoms with E-state index in [1.807, 2.05) is 6.07 Å². The van der Waals surface area contributed by atoms with Crippen LogP contribution in [0.1, 0.15) is 53.3 Å². The van der Waals surface area contributed by atoms with Gasteiger partial charge < -0.3 is 29.1 Å². The third-order valence-electron chi connectivity index (χ3n) is 7.88. The van der Waals surface area contributed by atoms with Crippen LogP contribution >= 0.6 is 0 Å². The van der Waals surface area contributed by atoms with Crippen LogP contribution in [0.2, 0.25) is 0 Å². The third kappa shape index (κ3) is 5.49. The lowest BCUT2D eigenvalue weighted by atomic mass is 9.89. The number of aromatic carboxylic acids is 1. The standard InChI is InChI=1S/C34H29NO8/c36-24-18-25(37)32-26(38)19-29(20-7-3-1-4-8-20)43-33(32)31(24)23(17-30(39)35-15-5-2-6-16-35)28-14-13-27(42-28)21-9-11-22(12-10-21)34(40)41/h1,3-4,7-14,18-19,23,36-37H,2,5-6,15-17H2,(H,40,41)/t23-/m0/s1. The van der Waals surface area contributed by atoms with Crippen LogP contribution < -0.4 is 5.43 Å². The lowest BCUT2D eigenvalue weighted by Crippen LogP contribution is -2.36. The molecule has 0 bridgehead atoms. The van der Waals surface area contributed by atoms with Gasteiger partial charge in [0.2, 0.25) is 5.91 Å². The molecule has 43 heavy (non-hydrogen) atoms. The summed E-state index contributed by atoms with van der Waals surface area (Å²) in [6, 6.07) is 20.9. The first kappa shape index (κ1) is 27.8. The summed E-state index contributed by atoms with van der Waals surface area (Å²) in [5, 5.41) is 31.1. The number of nitrogens with zero attached hydrogens (tertiary/aromatic N) is 1. The SMILES string of the molecule is O=C(O)c1ccc(-c2ccc([C@H](CC(=O)N3CCCCC3)c3c(O)cc(O)c4c(=O)cc(-c5ccccc5)oc34)o2)cc1. The van der Waals surface area contributed by atoms with Crippen molar-refractivity contribution in [3.05, 3.63) is 106 Å². The van der Waals surface area contributed by atoms with Crippen LogP contribution in [0, 0.1) is 0 Å². The van der Waals surface area contributed by atoms with Gasteiger partial charge in [-0.2, -0.15) is 0 Å². The second-order valence-corrected chi connectivity index (χ2v) is 10.7. The van der Waals surface area contributed by atoms with Gasteiger partial charge in [0.25, 0.3) is 0 Å². The summed E-state index contributed by atoms with van der Waals surface area (Å²) in [6.45, 7) is 1.25. The zero-order valence-corrected chi connectivity index (χ0v) is 23.2. The van der Waals surface area contributed by atoms with Gasteiger partial charge in [-0.1, -0.05) is 42.5 Å². The number of rotatable bonds is 7. The molecule has 1 atom stereocenters. The molecule has 2 aromatic heterocycles. The van der Waals surface area contributed by atoms with Crippen LogP contribution in [0.15, 0.2) is 92.5 Å². The Bertz CT molecular complexity index is 1870. The van der Waals surface area contributed by atoms with E-state index in [-0.39, 0.29) is 45.9 Å². The molecule has 1 aliphatic rings. The minimum atomic E-state index is -1.05. The van der Waals surface area contributed by atoms with Crippen molar-refractivity contribution in [2.75, 3.05) is 13.1 Å². The molecule has 3 heterocycles. The van der Waals surface area contributed by atoms with Gasteiger partial charge in [0.1, 0.15) is 39.7 Å². The molecule has 1 amide bonds. The van der Waals surface area contributed by atoms with E-state index in [0.717, 1.165) is 25.3 Å². The third-order valence-corrected chi connectivity index (χ3v) is 7.88. The smallest absolute Gasteiger partial charge is 0.335 e. The average molecular weight is 580 g/mol. The van der Waals surface area contributed by atoms with Crippen LogP contribution in [0.25, 0.3) is 33.6 Å². The van der Waals surface area contributed by atoms with E-state index in [2.05, 4.69) is 0 Å². The van der Waals surface area contributed by atoms with Crippen molar-refractivity contribution in [1.82, 2.24) is 4.90 Å². The summed E-state index contributed by atoms with van der Waals surface area (Å²) in [5.74, 6) is -1.86. The fourth-order valence-corrected chi connectivity index (χ4v) is 5.67. The Morgan fingerprint density at radius 1 is 0.791 bits per heavy atom. The monoisotopic (exact) mass is 579 g/mol. The molecule has 0 saturated carbocycles. The van der Waals surface area contributed by atoms with Crippen molar-refractivity contribution >= 4 is 22.8 Å². The minimum absolute atomic E-state index is 0.0379. The highest BCUT2D eigenvalue weighted by Crippen LogP contribution is 2.44. The summed E-state index contributed by atoms with van der Waals surface area (Å²) in [7, 11) is 0. The molecule has 0 unspecified atom stereocenters. The number of aromatic hydroxyl groups is 2. The quantitative estimate of drug-likeness (QED) is 0.202. The molecule has 3 aromatic carbocycles. The molecular formula is C34H29NO8.